The van der Waals surface area contributed by atoms with Crippen molar-refractivity contribution in [3.05, 3.63) is 27.2 Å². The molecule has 0 atom stereocenters. The van der Waals surface area contributed by atoms with Gasteiger partial charge in [0.25, 0.3) is 0 Å². The number of nitrogens with zero attached hydrogens (tertiary/aromatic N) is 1. The van der Waals surface area contributed by atoms with Crippen LogP contribution in [0, 0.1) is 0 Å². The fraction of sp³-hybridized carbons (Fsp3) is 0. The van der Waals surface area contributed by atoms with E-state index in [-0.39, 0.29) is 5.75 Å². The lowest BCUT2D eigenvalue weighted by Crippen LogP contribution is -1.83. The summed E-state index contributed by atoms with van der Waals surface area (Å²) in [7, 11) is 0. The van der Waals surface area contributed by atoms with Crippen molar-refractivity contribution >= 4 is 33.7 Å². The van der Waals surface area contributed by atoms with Crippen LogP contribution in [-0.2, 0) is 0 Å². The Morgan fingerprint density at radius 3 is 2.75 bits per heavy atom. The highest BCUT2D eigenvalue weighted by Crippen LogP contribution is 2.33. The van der Waals surface area contributed by atoms with Crippen LogP contribution in [0.1, 0.15) is 5.56 Å². The van der Waals surface area contributed by atoms with Crippen LogP contribution in [0.15, 0.2) is 21.8 Å². The van der Waals surface area contributed by atoms with E-state index in [1.807, 2.05) is 0 Å². The smallest absolute Gasteiger partial charge is 0.140 e. The van der Waals surface area contributed by atoms with Crippen molar-refractivity contribution in [2.24, 2.45) is 5.16 Å². The maximum Gasteiger partial charge on any atom is 0.140 e. The summed E-state index contributed by atoms with van der Waals surface area (Å²) in [5, 5.41) is 20.8. The van der Waals surface area contributed by atoms with Gasteiger partial charge in [-0.15, -0.1) is 0 Å². The molecule has 12 heavy (non-hydrogen) atoms. The summed E-state index contributed by atoms with van der Waals surface area (Å²) in [6, 6.07) is 3.13. The molecule has 0 fully saturated rings. The summed E-state index contributed by atoms with van der Waals surface area (Å²) >= 11 is 8.75. The number of benzene rings is 1. The number of phenolic OH excluding ortho intramolecular Hbond substituents is 1. The zero-order chi connectivity index (χ0) is 9.14. The van der Waals surface area contributed by atoms with Gasteiger partial charge in [-0.1, -0.05) is 16.8 Å². The van der Waals surface area contributed by atoms with Crippen LogP contribution >= 0.6 is 27.5 Å². The van der Waals surface area contributed by atoms with Gasteiger partial charge in [0.15, 0.2) is 0 Å². The van der Waals surface area contributed by atoms with Crippen molar-refractivity contribution in [2.45, 2.75) is 0 Å². The van der Waals surface area contributed by atoms with Crippen molar-refractivity contribution in [1.29, 1.82) is 0 Å². The monoisotopic (exact) mass is 249 g/mol. The van der Waals surface area contributed by atoms with E-state index < -0.39 is 0 Å². The Morgan fingerprint density at radius 1 is 1.50 bits per heavy atom. The SMILES string of the molecule is ON=Cc1ccc(Cl)c(Br)c1O. The van der Waals surface area contributed by atoms with Crippen molar-refractivity contribution in [2.75, 3.05) is 0 Å². The first-order valence-electron chi connectivity index (χ1n) is 3.01. The molecular weight excluding hydrogens is 245 g/mol. The maximum absolute atomic E-state index is 9.38. The number of halogens is 2. The van der Waals surface area contributed by atoms with E-state index >= 15 is 0 Å². The number of rotatable bonds is 1. The molecule has 0 radical (unpaired) electrons. The van der Waals surface area contributed by atoms with Crippen LogP contribution in [0.2, 0.25) is 5.02 Å². The third kappa shape index (κ3) is 1.70. The first-order chi connectivity index (χ1) is 5.66. The lowest BCUT2D eigenvalue weighted by molar-refractivity contribution is 0.321. The molecule has 1 aromatic carbocycles. The van der Waals surface area contributed by atoms with E-state index in [1.54, 1.807) is 12.1 Å². The minimum Gasteiger partial charge on any atom is -0.506 e. The van der Waals surface area contributed by atoms with Crippen molar-refractivity contribution < 1.29 is 10.3 Å². The van der Waals surface area contributed by atoms with Crippen molar-refractivity contribution in [3.63, 3.8) is 0 Å². The summed E-state index contributed by atoms with van der Waals surface area (Å²) in [4.78, 5) is 0. The average Bonchev–Trinajstić information content (AvgIpc) is 2.07. The molecule has 2 N–H and O–H groups in total. The highest BCUT2D eigenvalue weighted by Gasteiger charge is 2.06. The zero-order valence-corrected chi connectivity index (χ0v) is 8.17. The predicted octanol–water partition coefficient (Wildman–Crippen LogP) is 2.62. The molecule has 0 unspecified atom stereocenters. The Hall–Kier alpha value is -0.740. The van der Waals surface area contributed by atoms with Crippen LogP contribution in [0.25, 0.3) is 0 Å². The Bertz CT molecular complexity index is 327. The van der Waals surface area contributed by atoms with E-state index in [1.165, 1.54) is 0 Å². The summed E-state index contributed by atoms with van der Waals surface area (Å²) in [5.74, 6) is -0.0414. The molecule has 0 heterocycles. The number of aromatic hydroxyl groups is 1. The minimum atomic E-state index is -0.0414. The Balaban J connectivity index is 3.26. The second-order valence-corrected chi connectivity index (χ2v) is 3.24. The van der Waals surface area contributed by atoms with Crippen LogP contribution in [0.3, 0.4) is 0 Å². The number of hydrogen-bond donors (Lipinski definition) is 2. The van der Waals surface area contributed by atoms with E-state index in [9.17, 15) is 5.11 Å². The molecule has 5 heteroatoms. The second-order valence-electron chi connectivity index (χ2n) is 2.04. The Labute approximate surface area is 82.4 Å². The first kappa shape index (κ1) is 9.35. The highest BCUT2D eigenvalue weighted by molar-refractivity contribution is 9.10. The van der Waals surface area contributed by atoms with Gasteiger partial charge >= 0.3 is 0 Å². The third-order valence-corrected chi connectivity index (χ3v) is 2.64. The zero-order valence-electron chi connectivity index (χ0n) is 5.83. The lowest BCUT2D eigenvalue weighted by atomic mass is 10.2. The summed E-state index contributed by atoms with van der Waals surface area (Å²) < 4.78 is 0.390. The van der Waals surface area contributed by atoms with Gasteiger partial charge in [0.1, 0.15) is 5.75 Å². The molecule has 0 saturated carbocycles. The number of hydrogen-bond acceptors (Lipinski definition) is 3. The Morgan fingerprint density at radius 2 is 2.17 bits per heavy atom. The molecule has 0 bridgehead atoms. The van der Waals surface area contributed by atoms with Gasteiger partial charge in [0.2, 0.25) is 0 Å². The molecule has 0 aromatic heterocycles. The van der Waals surface area contributed by atoms with Gasteiger partial charge in [-0.2, -0.15) is 0 Å². The maximum atomic E-state index is 9.38. The predicted molar refractivity (Wildman–Crippen MR) is 50.2 cm³/mol. The van der Waals surface area contributed by atoms with Crippen LogP contribution in [0.5, 0.6) is 5.75 Å². The summed E-state index contributed by atoms with van der Waals surface area (Å²) in [6.45, 7) is 0. The van der Waals surface area contributed by atoms with Crippen LogP contribution in [0.4, 0.5) is 0 Å². The van der Waals surface area contributed by atoms with Crippen LogP contribution in [-0.4, -0.2) is 16.5 Å². The van der Waals surface area contributed by atoms with Gasteiger partial charge in [0.05, 0.1) is 15.7 Å². The first-order valence-corrected chi connectivity index (χ1v) is 4.18. The van der Waals surface area contributed by atoms with Crippen molar-refractivity contribution in [3.8, 4) is 5.75 Å². The molecule has 64 valence electrons. The molecule has 0 amide bonds. The van der Waals surface area contributed by atoms with E-state index in [0.29, 0.717) is 15.1 Å². The largest absolute Gasteiger partial charge is 0.506 e. The molecule has 1 aromatic rings. The van der Waals surface area contributed by atoms with Gasteiger partial charge < -0.3 is 10.3 Å². The van der Waals surface area contributed by atoms with Gasteiger partial charge in [-0.25, -0.2) is 0 Å². The summed E-state index contributed by atoms with van der Waals surface area (Å²) in [6.07, 6.45) is 1.12. The van der Waals surface area contributed by atoms with Gasteiger partial charge in [-0.3, -0.25) is 0 Å². The van der Waals surface area contributed by atoms with Crippen LogP contribution < -0.4 is 0 Å². The molecule has 0 aliphatic carbocycles. The molecule has 0 aliphatic rings. The molecule has 0 aliphatic heterocycles. The van der Waals surface area contributed by atoms with Gasteiger partial charge in [-0.05, 0) is 28.1 Å². The number of oxime groups is 1. The lowest BCUT2D eigenvalue weighted by Gasteiger charge is -2.01. The molecule has 1 rings (SSSR count). The second kappa shape index (κ2) is 3.78. The molecule has 0 saturated heterocycles. The fourth-order valence-corrected chi connectivity index (χ4v) is 1.23. The van der Waals surface area contributed by atoms with E-state index in [4.69, 9.17) is 16.8 Å². The van der Waals surface area contributed by atoms with Crippen molar-refractivity contribution in [1.82, 2.24) is 0 Å². The average molecular weight is 250 g/mol. The summed E-state index contributed by atoms with van der Waals surface area (Å²) in [5.41, 5.74) is 0.397. The van der Waals surface area contributed by atoms with E-state index in [2.05, 4.69) is 21.1 Å². The van der Waals surface area contributed by atoms with Gasteiger partial charge in [0, 0.05) is 5.56 Å². The number of phenols is 1. The third-order valence-electron chi connectivity index (χ3n) is 1.30. The minimum absolute atomic E-state index is 0.0414. The fourth-order valence-electron chi connectivity index (χ4n) is 0.721. The standard InChI is InChI=1S/C7H5BrClNO2/c8-6-5(9)2-1-4(3-10-12)7(6)11/h1-3,11-12H. The highest BCUT2D eigenvalue weighted by atomic mass is 79.9. The normalized spacial score (nSPS) is 10.8. The molecular formula is C7H5BrClNO2. The molecule has 3 nitrogen and oxygen atoms in total. The topological polar surface area (TPSA) is 52.8 Å². The molecule has 0 spiro atoms. The quantitative estimate of drug-likeness (QED) is 0.457. The Kier molecular flexibility index (Phi) is 2.94. The van der Waals surface area contributed by atoms with E-state index in [0.717, 1.165) is 6.21 Å².